The number of hydrogen-bond acceptors (Lipinski definition) is 5. The molecular weight excluding hydrogens is 328 g/mol. The van der Waals surface area contributed by atoms with E-state index in [1.807, 2.05) is 0 Å². The summed E-state index contributed by atoms with van der Waals surface area (Å²) in [5.74, 6) is 0.510. The van der Waals surface area contributed by atoms with E-state index in [2.05, 4.69) is 10.2 Å². The summed E-state index contributed by atoms with van der Waals surface area (Å²) in [7, 11) is -2.96. The lowest BCUT2D eigenvalue weighted by atomic mass is 10.1. The highest BCUT2D eigenvalue weighted by atomic mass is 32.2. The maximum absolute atomic E-state index is 11.8. The summed E-state index contributed by atoms with van der Waals surface area (Å²) < 4.78 is 38.5. The average molecular weight is 342 g/mol. The van der Waals surface area contributed by atoms with Crippen LogP contribution in [-0.4, -0.2) is 20.1 Å². The van der Waals surface area contributed by atoms with Gasteiger partial charge in [-0.05, 0) is 23.6 Å². The van der Waals surface area contributed by atoms with Crippen molar-refractivity contribution in [1.82, 2.24) is 0 Å². The van der Waals surface area contributed by atoms with Gasteiger partial charge in [-0.1, -0.05) is 42.5 Å². The summed E-state index contributed by atoms with van der Waals surface area (Å²) in [6, 6.07) is 17.0. The molecule has 0 spiro atoms. The topological polar surface area (TPSA) is 88.3 Å². The molecule has 3 aromatic rings. The highest BCUT2D eigenvalue weighted by molar-refractivity contribution is 7.86. The maximum atomic E-state index is 11.8. The smallest absolute Gasteiger partial charge is 0.297 e. The highest BCUT2D eigenvalue weighted by Gasteiger charge is 2.19. The molecule has 0 saturated carbocycles. The minimum Gasteiger partial charge on any atom is -0.494 e. The number of nitrogens with zero attached hydrogens (tertiary/aromatic N) is 2. The number of hydrogen-bond donors (Lipinski definition) is 1. The standard InChI is InChI=1S/C17H14N2O4S/c1-23-16-9-5-4-8-14(16)18-19-15-11-10-12-6-2-3-7-13(12)17(15)24(20,21)22/h2-11H,1H3,(H,20,21,22). The van der Waals surface area contributed by atoms with E-state index in [0.29, 0.717) is 22.2 Å². The first kappa shape index (κ1) is 16.1. The van der Waals surface area contributed by atoms with Crippen molar-refractivity contribution < 1.29 is 17.7 Å². The third-order valence-electron chi connectivity index (χ3n) is 3.47. The SMILES string of the molecule is COc1ccccc1N=Nc1ccc2ccccc2c1S(=O)(=O)O. The fourth-order valence-electron chi connectivity index (χ4n) is 2.40. The molecule has 3 aromatic carbocycles. The summed E-state index contributed by atoms with van der Waals surface area (Å²) in [5, 5.41) is 9.13. The Balaban J connectivity index is 2.18. The fraction of sp³-hybridized carbons (Fsp3) is 0.0588. The summed E-state index contributed by atoms with van der Waals surface area (Å²) in [4.78, 5) is -0.265. The molecule has 6 nitrogen and oxygen atoms in total. The first-order chi connectivity index (χ1) is 11.5. The molecule has 3 rings (SSSR count). The molecule has 0 radical (unpaired) electrons. The van der Waals surface area contributed by atoms with Gasteiger partial charge in [0.25, 0.3) is 10.1 Å². The molecule has 0 saturated heterocycles. The van der Waals surface area contributed by atoms with Crippen molar-refractivity contribution in [3.8, 4) is 5.75 Å². The molecule has 122 valence electrons. The van der Waals surface area contributed by atoms with Crippen LogP contribution in [0.4, 0.5) is 11.4 Å². The number of azo groups is 1. The number of methoxy groups -OCH3 is 1. The lowest BCUT2D eigenvalue weighted by Crippen LogP contribution is -1.99. The molecule has 0 aromatic heterocycles. The number of fused-ring (bicyclic) bond motifs is 1. The monoisotopic (exact) mass is 342 g/mol. The molecule has 0 bridgehead atoms. The first-order valence-corrected chi connectivity index (χ1v) is 8.49. The highest BCUT2D eigenvalue weighted by Crippen LogP contribution is 2.34. The van der Waals surface area contributed by atoms with Gasteiger partial charge >= 0.3 is 0 Å². The van der Waals surface area contributed by atoms with Gasteiger partial charge in [0.2, 0.25) is 0 Å². The number of ether oxygens (including phenoxy) is 1. The Hall–Kier alpha value is -2.77. The predicted molar refractivity (Wildman–Crippen MR) is 90.9 cm³/mol. The van der Waals surface area contributed by atoms with Gasteiger partial charge < -0.3 is 4.74 Å². The average Bonchev–Trinajstić information content (AvgIpc) is 2.58. The molecular formula is C17H14N2O4S. The largest absolute Gasteiger partial charge is 0.494 e. The second-order valence-corrected chi connectivity index (χ2v) is 6.34. The minimum absolute atomic E-state index is 0.0575. The van der Waals surface area contributed by atoms with Crippen LogP contribution in [0, 0.1) is 0 Å². The van der Waals surface area contributed by atoms with E-state index in [-0.39, 0.29) is 10.6 Å². The van der Waals surface area contributed by atoms with E-state index < -0.39 is 10.1 Å². The molecule has 0 aliphatic rings. The van der Waals surface area contributed by atoms with E-state index in [4.69, 9.17) is 4.74 Å². The van der Waals surface area contributed by atoms with Crippen molar-refractivity contribution in [3.05, 3.63) is 60.7 Å². The molecule has 0 fully saturated rings. The molecule has 0 amide bonds. The number of para-hydroxylation sites is 1. The van der Waals surface area contributed by atoms with Gasteiger partial charge in [0.05, 0.1) is 7.11 Å². The number of rotatable bonds is 4. The minimum atomic E-state index is -4.47. The van der Waals surface area contributed by atoms with Crippen LogP contribution in [0.15, 0.2) is 75.8 Å². The summed E-state index contributed by atoms with van der Waals surface area (Å²) >= 11 is 0. The maximum Gasteiger partial charge on any atom is 0.297 e. The van der Waals surface area contributed by atoms with E-state index >= 15 is 0 Å². The quantitative estimate of drug-likeness (QED) is 0.558. The van der Waals surface area contributed by atoms with Crippen LogP contribution in [0.25, 0.3) is 10.8 Å². The predicted octanol–water partition coefficient (Wildman–Crippen LogP) is 4.51. The van der Waals surface area contributed by atoms with Crippen molar-refractivity contribution in [2.45, 2.75) is 4.90 Å². The Kier molecular flexibility index (Phi) is 4.28. The summed E-state index contributed by atoms with van der Waals surface area (Å²) in [6.45, 7) is 0. The molecule has 0 aliphatic heterocycles. The van der Waals surface area contributed by atoms with Crippen LogP contribution < -0.4 is 4.74 Å². The van der Waals surface area contributed by atoms with Crippen LogP contribution in [0.3, 0.4) is 0 Å². The number of benzene rings is 3. The van der Waals surface area contributed by atoms with Gasteiger partial charge in [-0.15, -0.1) is 10.2 Å². The van der Waals surface area contributed by atoms with Gasteiger partial charge in [0.1, 0.15) is 22.0 Å². The summed E-state index contributed by atoms with van der Waals surface area (Å²) in [5.41, 5.74) is 0.511. The van der Waals surface area contributed by atoms with E-state index in [0.717, 1.165) is 0 Å². The zero-order valence-electron chi connectivity index (χ0n) is 12.7. The molecule has 0 atom stereocenters. The van der Waals surface area contributed by atoms with Crippen LogP contribution in [0.5, 0.6) is 5.75 Å². The van der Waals surface area contributed by atoms with Crippen LogP contribution in [0.2, 0.25) is 0 Å². The van der Waals surface area contributed by atoms with Crippen molar-refractivity contribution in [2.75, 3.05) is 7.11 Å². The molecule has 24 heavy (non-hydrogen) atoms. The van der Waals surface area contributed by atoms with Crippen molar-refractivity contribution in [3.63, 3.8) is 0 Å². The zero-order chi connectivity index (χ0) is 17.2. The van der Waals surface area contributed by atoms with Gasteiger partial charge in [0, 0.05) is 5.39 Å². The third kappa shape index (κ3) is 3.12. The Morgan fingerprint density at radius 3 is 2.29 bits per heavy atom. The zero-order valence-corrected chi connectivity index (χ0v) is 13.6. The third-order valence-corrected chi connectivity index (χ3v) is 4.41. The van der Waals surface area contributed by atoms with Gasteiger partial charge in [-0.3, -0.25) is 4.55 Å². The lowest BCUT2D eigenvalue weighted by molar-refractivity contribution is 0.416. The van der Waals surface area contributed by atoms with Crippen LogP contribution in [0.1, 0.15) is 0 Å². The van der Waals surface area contributed by atoms with E-state index in [9.17, 15) is 13.0 Å². The second kappa shape index (κ2) is 6.38. The van der Waals surface area contributed by atoms with Gasteiger partial charge in [-0.25, -0.2) is 0 Å². The lowest BCUT2D eigenvalue weighted by Gasteiger charge is -2.07. The Bertz CT molecular complexity index is 1030. The second-order valence-electron chi connectivity index (χ2n) is 4.98. The molecule has 7 heteroatoms. The van der Waals surface area contributed by atoms with E-state index in [1.165, 1.54) is 13.2 Å². The Morgan fingerprint density at radius 1 is 0.875 bits per heavy atom. The van der Waals surface area contributed by atoms with E-state index in [1.54, 1.807) is 54.6 Å². The summed E-state index contributed by atoms with van der Waals surface area (Å²) in [6.07, 6.45) is 0. The van der Waals surface area contributed by atoms with Crippen molar-refractivity contribution in [2.24, 2.45) is 10.2 Å². The Morgan fingerprint density at radius 2 is 1.54 bits per heavy atom. The van der Waals surface area contributed by atoms with Crippen LogP contribution >= 0.6 is 0 Å². The Labute approximate surface area is 139 Å². The van der Waals surface area contributed by atoms with Gasteiger partial charge in [0.15, 0.2) is 0 Å². The van der Waals surface area contributed by atoms with Crippen molar-refractivity contribution in [1.29, 1.82) is 0 Å². The van der Waals surface area contributed by atoms with Crippen molar-refractivity contribution >= 4 is 32.3 Å². The first-order valence-electron chi connectivity index (χ1n) is 7.05. The normalized spacial score (nSPS) is 11.9. The fourth-order valence-corrected chi connectivity index (χ4v) is 3.24. The molecule has 0 unspecified atom stereocenters. The molecule has 0 heterocycles. The molecule has 1 N–H and O–H groups in total. The molecule has 0 aliphatic carbocycles. The van der Waals surface area contributed by atoms with Crippen LogP contribution in [-0.2, 0) is 10.1 Å². The van der Waals surface area contributed by atoms with Gasteiger partial charge in [-0.2, -0.15) is 8.42 Å².